The van der Waals surface area contributed by atoms with E-state index in [4.69, 9.17) is 0 Å². The van der Waals surface area contributed by atoms with Gasteiger partial charge in [-0.25, -0.2) is 0 Å². The van der Waals surface area contributed by atoms with Crippen LogP contribution in [0.15, 0.2) is 60.5 Å². The Morgan fingerprint density at radius 3 is 2.00 bits per heavy atom. The number of ketones is 1. The molecule has 3 rings (SSSR count). The van der Waals surface area contributed by atoms with Gasteiger partial charge < -0.3 is 10.1 Å². The second-order valence-corrected chi connectivity index (χ2v) is 12.0. The van der Waals surface area contributed by atoms with Gasteiger partial charge in [0.15, 0.2) is 5.78 Å². The van der Waals surface area contributed by atoms with Gasteiger partial charge >= 0.3 is 0 Å². The molecule has 0 fully saturated rings. The fourth-order valence-electron chi connectivity index (χ4n) is 3.65. The molecule has 1 radical (unpaired) electrons. The van der Waals surface area contributed by atoms with Gasteiger partial charge in [0.25, 0.3) is 0 Å². The number of fused-ring (bicyclic) bond motifs is 1. The van der Waals surface area contributed by atoms with Crippen LogP contribution < -0.4 is 0 Å². The van der Waals surface area contributed by atoms with Crippen molar-refractivity contribution in [2.24, 2.45) is 10.8 Å². The molecule has 2 aromatic carbocycles. The topological polar surface area (TPSA) is 50.2 Å². The Balaban J connectivity index is 0.000000423. The number of hydrogen-bond donors (Lipinski definition) is 1. The minimum atomic E-state index is -0.417. The van der Waals surface area contributed by atoms with Crippen molar-refractivity contribution < 1.29 is 30.0 Å². The molecule has 3 aromatic rings. The number of aryl methyl sites for hydroxylation is 1. The summed E-state index contributed by atoms with van der Waals surface area (Å²) in [6.07, 6.45) is 5.56. The van der Waals surface area contributed by atoms with E-state index < -0.39 is 5.41 Å². The SMILES string of the molecule is CC(C)(C)C(=O)/C=C(\O)C(C)(C)C.CCC(C)(CC)c1cc(C)[c-]c(-c2cc3ccccc3cn2)c1.[Ir]. The fourth-order valence-corrected chi connectivity index (χ4v) is 3.65. The first-order valence-electron chi connectivity index (χ1n) is 13.0. The molecule has 0 atom stereocenters. The summed E-state index contributed by atoms with van der Waals surface area (Å²) >= 11 is 0. The van der Waals surface area contributed by atoms with Crippen LogP contribution in [0.3, 0.4) is 0 Å². The number of hydrogen-bond acceptors (Lipinski definition) is 3. The van der Waals surface area contributed by atoms with Crippen molar-refractivity contribution in [2.75, 3.05) is 0 Å². The average Bonchev–Trinajstić information content (AvgIpc) is 2.82. The van der Waals surface area contributed by atoms with E-state index in [2.05, 4.69) is 81.2 Å². The molecule has 0 bridgehead atoms. The first-order valence-corrected chi connectivity index (χ1v) is 13.0. The summed E-state index contributed by atoms with van der Waals surface area (Å²) in [5.74, 6) is 0.104. The van der Waals surface area contributed by atoms with E-state index in [9.17, 15) is 9.90 Å². The van der Waals surface area contributed by atoms with Gasteiger partial charge in [-0.1, -0.05) is 99.6 Å². The maximum absolute atomic E-state index is 11.5. The molecule has 0 saturated carbocycles. The van der Waals surface area contributed by atoms with Crippen LogP contribution in [-0.4, -0.2) is 15.9 Å². The molecular weight excluding hydrogens is 635 g/mol. The molecule has 3 nitrogen and oxygen atoms in total. The predicted molar refractivity (Wildman–Crippen MR) is 153 cm³/mol. The van der Waals surface area contributed by atoms with Crippen LogP contribution in [0.2, 0.25) is 0 Å². The number of aliphatic hydroxyl groups is 1. The van der Waals surface area contributed by atoms with Crippen molar-refractivity contribution in [3.8, 4) is 11.3 Å². The number of carbonyl (C=O) groups is 1. The third kappa shape index (κ3) is 8.90. The maximum atomic E-state index is 11.5. The maximum Gasteiger partial charge on any atom is 0.164 e. The van der Waals surface area contributed by atoms with Gasteiger partial charge in [0.05, 0.1) is 0 Å². The van der Waals surface area contributed by atoms with Crippen molar-refractivity contribution in [3.05, 3.63) is 77.7 Å². The third-order valence-corrected chi connectivity index (χ3v) is 6.94. The molecule has 0 unspecified atom stereocenters. The summed E-state index contributed by atoms with van der Waals surface area (Å²) in [6.45, 7) is 20.1. The van der Waals surface area contributed by atoms with E-state index in [1.807, 2.05) is 47.7 Å². The van der Waals surface area contributed by atoms with Crippen LogP contribution >= 0.6 is 0 Å². The Kier molecular flexibility index (Phi) is 11.5. The summed E-state index contributed by atoms with van der Waals surface area (Å²) < 4.78 is 0. The molecule has 0 spiro atoms. The van der Waals surface area contributed by atoms with Gasteiger partial charge in [-0.05, 0) is 34.7 Å². The van der Waals surface area contributed by atoms with Crippen LogP contribution in [0.25, 0.3) is 22.0 Å². The standard InChI is InChI=1S/C22H24N.C11H20O2.Ir/c1-5-22(4,6-2)20-12-16(3)11-19(13-20)21-14-17-9-7-8-10-18(17)15-23-21;1-10(2,3)8(12)7-9(13)11(4,5)6;/h7-10,12-15H,5-6H2,1-4H3;7,12H,1-6H3;/q-1;;/b;8-7-;. The van der Waals surface area contributed by atoms with Gasteiger partial charge in [-0.2, -0.15) is 0 Å². The Bertz CT molecular complexity index is 1230. The van der Waals surface area contributed by atoms with Crippen LogP contribution in [0, 0.1) is 23.8 Å². The first kappa shape index (κ1) is 32.7. The summed E-state index contributed by atoms with van der Waals surface area (Å²) in [6, 6.07) is 18.6. The minimum Gasteiger partial charge on any atom is -0.512 e. The Hall–Kier alpha value is -2.29. The molecule has 1 aromatic heterocycles. The van der Waals surface area contributed by atoms with Crippen LogP contribution in [0.5, 0.6) is 0 Å². The fraction of sp³-hybridized carbons (Fsp3) is 0.455. The predicted octanol–water partition coefficient (Wildman–Crippen LogP) is 9.18. The molecular formula is C33H44IrNO2-. The molecule has 203 valence electrons. The summed E-state index contributed by atoms with van der Waals surface area (Å²) in [5, 5.41) is 12.0. The monoisotopic (exact) mass is 679 g/mol. The van der Waals surface area contributed by atoms with E-state index in [0.717, 1.165) is 24.1 Å². The molecule has 0 amide bonds. The van der Waals surface area contributed by atoms with Gasteiger partial charge in [0, 0.05) is 43.2 Å². The number of allylic oxidation sites excluding steroid dienone is 2. The summed E-state index contributed by atoms with van der Waals surface area (Å²) in [5.41, 5.74) is 4.12. The number of nitrogens with zero attached hydrogens (tertiary/aromatic N) is 1. The van der Waals surface area contributed by atoms with Gasteiger partial charge in [0.2, 0.25) is 0 Å². The quantitative estimate of drug-likeness (QED) is 0.166. The first-order chi connectivity index (χ1) is 16.6. The largest absolute Gasteiger partial charge is 0.512 e. The van der Waals surface area contributed by atoms with E-state index in [1.54, 1.807) is 0 Å². The summed E-state index contributed by atoms with van der Waals surface area (Å²) in [4.78, 5) is 16.1. The van der Waals surface area contributed by atoms with E-state index in [0.29, 0.717) is 0 Å². The van der Waals surface area contributed by atoms with E-state index >= 15 is 0 Å². The number of aliphatic hydroxyl groups excluding tert-OH is 1. The Morgan fingerprint density at radius 1 is 0.919 bits per heavy atom. The minimum absolute atomic E-state index is 0. The van der Waals surface area contributed by atoms with Crippen molar-refractivity contribution in [1.82, 2.24) is 4.98 Å². The summed E-state index contributed by atoms with van der Waals surface area (Å²) in [7, 11) is 0. The molecule has 1 N–H and O–H groups in total. The number of pyridine rings is 1. The van der Waals surface area contributed by atoms with Crippen molar-refractivity contribution in [1.29, 1.82) is 0 Å². The molecule has 0 aliphatic heterocycles. The smallest absolute Gasteiger partial charge is 0.164 e. The van der Waals surface area contributed by atoms with Crippen molar-refractivity contribution in [2.45, 2.75) is 87.5 Å². The molecule has 1 heterocycles. The Labute approximate surface area is 238 Å². The third-order valence-electron chi connectivity index (χ3n) is 6.94. The zero-order valence-corrected chi connectivity index (χ0v) is 26.6. The van der Waals surface area contributed by atoms with Crippen molar-refractivity contribution >= 4 is 16.6 Å². The van der Waals surface area contributed by atoms with Gasteiger partial charge in [-0.15, -0.1) is 34.9 Å². The second kappa shape index (κ2) is 13.0. The number of benzene rings is 2. The molecule has 0 aliphatic rings. The molecule has 0 saturated heterocycles. The average molecular weight is 679 g/mol. The molecule has 4 heteroatoms. The van der Waals surface area contributed by atoms with Gasteiger partial charge in [0.1, 0.15) is 5.76 Å². The molecule has 0 aliphatic carbocycles. The van der Waals surface area contributed by atoms with Crippen LogP contribution in [0.1, 0.15) is 86.3 Å². The van der Waals surface area contributed by atoms with Crippen LogP contribution in [0.4, 0.5) is 0 Å². The van der Waals surface area contributed by atoms with Crippen molar-refractivity contribution in [3.63, 3.8) is 0 Å². The van der Waals surface area contributed by atoms with Gasteiger partial charge in [-0.3, -0.25) is 4.79 Å². The number of carbonyl (C=O) groups excluding carboxylic acids is 1. The zero-order valence-electron chi connectivity index (χ0n) is 24.2. The number of rotatable bonds is 5. The normalized spacial score (nSPS) is 12.4. The Morgan fingerprint density at radius 2 is 1.49 bits per heavy atom. The number of aromatic nitrogens is 1. The zero-order chi connectivity index (χ0) is 27.3. The van der Waals surface area contributed by atoms with E-state index in [1.165, 1.54) is 28.0 Å². The second-order valence-electron chi connectivity index (χ2n) is 12.0. The van der Waals surface area contributed by atoms with Crippen LogP contribution in [-0.2, 0) is 30.3 Å². The van der Waals surface area contributed by atoms with E-state index in [-0.39, 0.29) is 42.5 Å². The molecule has 37 heavy (non-hydrogen) atoms.